The number of hydrogen-bond donors (Lipinski definition) is 10. The molecule has 8 aromatic carbocycles. The van der Waals surface area contributed by atoms with Crippen LogP contribution in [0, 0.1) is 0 Å². The van der Waals surface area contributed by atoms with E-state index in [2.05, 4.69) is 96.2 Å². The van der Waals surface area contributed by atoms with E-state index in [0.29, 0.717) is 94.4 Å². The summed E-state index contributed by atoms with van der Waals surface area (Å²) in [5.74, 6) is 2.92. The molecule has 2 aliphatic rings. The Labute approximate surface area is 793 Å². The number of likely N-dealkylation sites (N-methyl/N-ethyl adjacent to an activating group) is 1. The molecule has 6 heterocycles. The SMILES string of the molecule is CCN1CCN(c2ccc(Nc3cc(N(C)C(=O)Nc4c(Cl)c(OC)cc(OC)c4Cl)ncn3)cc2)CC1.C[C@]1(c2nc3c(C(N)=O)cccc3[nH]2)CCCN1.Cn1c(CCCC(=O)O)nc2cc(N(CCCl)CCCl)ccc21.O=C(/C=C/c1cccc(S(=O)(=O)Nc2ccccc2)c1)NO.O=C(CO)CCCCCCCC(=O)c1cnc(N(c2ccccc2)c2ccccc2)nc1. The summed E-state index contributed by atoms with van der Waals surface area (Å²) in [5, 5.41) is 35.6. The van der Waals surface area contributed by atoms with Crippen LogP contribution in [0.4, 0.5) is 62.2 Å². The lowest BCUT2D eigenvalue weighted by Gasteiger charge is -2.35. The van der Waals surface area contributed by atoms with E-state index in [9.17, 15) is 37.2 Å². The average molecular weight is 1910 g/mol. The molecule has 702 valence electrons. The molecule has 1 atom stereocenters. The number of benzene rings is 8. The number of rotatable bonds is 37. The van der Waals surface area contributed by atoms with Gasteiger partial charge in [-0.15, -0.1) is 23.2 Å². The third-order valence-electron chi connectivity index (χ3n) is 21.9. The number of para-hydroxylation sites is 4. The van der Waals surface area contributed by atoms with Crippen LogP contribution in [0.1, 0.15) is 122 Å². The molecular formula is C96H111Cl4N19O13S. The van der Waals surface area contributed by atoms with Gasteiger partial charge in [0.2, 0.25) is 5.95 Å². The van der Waals surface area contributed by atoms with Gasteiger partial charge in [0.15, 0.2) is 11.6 Å². The van der Waals surface area contributed by atoms with Gasteiger partial charge in [-0.05, 0) is 167 Å². The number of aromatic nitrogens is 8. The second-order valence-corrected chi connectivity index (χ2v) is 34.2. The van der Waals surface area contributed by atoms with Crippen molar-refractivity contribution < 1.29 is 62.1 Å². The molecule has 0 spiro atoms. The Kier molecular flexibility index (Phi) is 39.4. The van der Waals surface area contributed by atoms with E-state index in [1.165, 1.54) is 54.8 Å². The highest BCUT2D eigenvalue weighted by atomic mass is 35.5. The van der Waals surface area contributed by atoms with Crippen molar-refractivity contribution in [1.82, 2.24) is 55.2 Å². The van der Waals surface area contributed by atoms with Crippen molar-refractivity contribution in [3.05, 3.63) is 251 Å². The number of aryl methyl sites for hydroxylation is 2. The highest BCUT2D eigenvalue weighted by Gasteiger charge is 2.34. The number of carbonyl (C=O) groups excluding carboxylic acids is 5. The number of ketones is 2. The van der Waals surface area contributed by atoms with Crippen molar-refractivity contribution in [2.24, 2.45) is 12.8 Å². The fraction of sp³-hybridized carbons (Fsp3) is 0.312. The molecule has 0 bridgehead atoms. The van der Waals surface area contributed by atoms with Crippen LogP contribution >= 0.6 is 46.4 Å². The van der Waals surface area contributed by atoms with Gasteiger partial charge in [0.25, 0.3) is 21.8 Å². The van der Waals surface area contributed by atoms with Crippen molar-refractivity contribution in [1.29, 1.82) is 0 Å². The number of carboxylic acid groups (broad SMARTS) is 1. The number of sulfonamides is 1. The lowest BCUT2D eigenvalue weighted by molar-refractivity contribution is -0.137. The number of amides is 4. The molecule has 11 N–H and O–H groups in total. The van der Waals surface area contributed by atoms with E-state index in [1.807, 2.05) is 120 Å². The molecule has 2 saturated heterocycles. The number of nitrogens with two attached hydrogens (primary N) is 1. The Morgan fingerprint density at radius 2 is 1.32 bits per heavy atom. The van der Waals surface area contributed by atoms with Crippen LogP contribution in [-0.4, -0.2) is 196 Å². The van der Waals surface area contributed by atoms with Crippen molar-refractivity contribution in [3.8, 4) is 11.5 Å². The van der Waals surface area contributed by atoms with Crippen LogP contribution in [-0.2, 0) is 43.4 Å². The number of unbranched alkanes of at least 4 members (excludes halogenated alkanes) is 4. The van der Waals surface area contributed by atoms with Crippen LogP contribution in [0.15, 0.2) is 218 Å². The summed E-state index contributed by atoms with van der Waals surface area (Å²) in [7, 11) is 2.74. The second kappa shape index (κ2) is 51.3. The maximum atomic E-state index is 13.0. The Hall–Kier alpha value is -12.8. The third kappa shape index (κ3) is 29.6. The molecule has 32 nitrogen and oxygen atoms in total. The van der Waals surface area contributed by atoms with Crippen molar-refractivity contribution in [2.45, 2.75) is 101 Å². The number of urea groups is 1. The van der Waals surface area contributed by atoms with Crippen molar-refractivity contribution >= 4 is 177 Å². The fourth-order valence-electron chi connectivity index (χ4n) is 14.5. The summed E-state index contributed by atoms with van der Waals surface area (Å²) in [5.41, 5.74) is 17.3. The van der Waals surface area contributed by atoms with E-state index >= 15 is 0 Å². The number of piperazine rings is 1. The van der Waals surface area contributed by atoms with Crippen LogP contribution in [0.25, 0.3) is 28.1 Å². The number of aliphatic carboxylic acids is 1. The molecule has 0 radical (unpaired) electrons. The van der Waals surface area contributed by atoms with E-state index in [4.69, 9.17) is 77.0 Å². The number of halogens is 4. The number of carbonyl (C=O) groups is 6. The lowest BCUT2D eigenvalue weighted by atomic mass is 10.00. The number of nitrogens with one attached hydrogen (secondary N) is 6. The molecule has 4 aromatic heterocycles. The number of primary amides is 1. The van der Waals surface area contributed by atoms with Crippen LogP contribution < -0.4 is 61.0 Å². The zero-order chi connectivity index (χ0) is 95.4. The van der Waals surface area contributed by atoms with Gasteiger partial charge >= 0.3 is 12.0 Å². The zero-order valence-corrected chi connectivity index (χ0v) is 78.7. The summed E-state index contributed by atoms with van der Waals surface area (Å²) in [6.45, 7) is 11.7. The fourth-order valence-corrected chi connectivity index (χ4v) is 16.6. The molecule has 4 amide bonds. The van der Waals surface area contributed by atoms with Gasteiger partial charge in [-0.25, -0.2) is 48.6 Å². The Morgan fingerprint density at radius 1 is 0.692 bits per heavy atom. The number of aliphatic hydroxyl groups is 1. The van der Waals surface area contributed by atoms with Gasteiger partial charge in [-0.1, -0.05) is 122 Å². The number of aromatic amines is 1. The molecule has 14 rings (SSSR count). The van der Waals surface area contributed by atoms with Crippen molar-refractivity contribution in [3.63, 3.8) is 0 Å². The summed E-state index contributed by atoms with van der Waals surface area (Å²) in [4.78, 5) is 110. The summed E-state index contributed by atoms with van der Waals surface area (Å²) < 4.78 is 39.6. The normalized spacial score (nSPS) is 13.5. The molecule has 0 aliphatic carbocycles. The first-order chi connectivity index (χ1) is 64.2. The van der Waals surface area contributed by atoms with Crippen LogP contribution in [0.3, 0.4) is 0 Å². The van der Waals surface area contributed by atoms with E-state index in [1.54, 1.807) is 80.1 Å². The maximum absolute atomic E-state index is 13.0. The minimum absolute atomic E-state index is 0.0398. The molecule has 37 heteroatoms. The number of hydroxylamine groups is 1. The largest absolute Gasteiger partial charge is 0.495 e. The standard InChI is InChI=1S/C26H31Cl2N7O3.C26H29N3O3.C16H21Cl2N3O2.C15H14N2O4S.C13H16N4O/c1-5-34-10-12-35(13-11-34)18-8-6-17(7-9-18)31-21-15-22(30-16-29-21)33(2)26(36)32-25-23(27)19(37-3)14-20(38-4)24(25)28;30-20-24(31)16-10-2-1-3-11-17-25(32)21-18-27-26(28-19-21)29(22-12-6-4-7-13-22)23-14-8-5-9-15-23;1-20-14-6-5-12(21(9-7-17)10-8-18)11-13(14)19-15(20)3-2-4-16(22)23;18-15(16-19)10-9-12-5-4-8-14(11-12)22(20,21)17-13-6-2-1-3-7-13;1-13(6-3-7-15-13)12-16-9-5-2-4-8(11(14)18)10(9)17-12/h6-9,14-16H,5,10-13H2,1-4H3,(H,32,36)(H,29,30,31);4-9,12-15,18-19,30H,1-3,10-11,16-17,20H2;5-6,11H,2-4,7-10H2,1H3,(H,22,23);1-11,17,19H,(H,16,18);2,4-5,15H,3,6-7H2,1H3,(H2,14,18)(H,16,17)/b;;;10-9+;/t;;;;13-/m....1/s1. The van der Waals surface area contributed by atoms with Crippen molar-refractivity contribution in [2.75, 3.05) is 127 Å². The third-order valence-corrected chi connectivity index (χ3v) is 24.3. The van der Waals surface area contributed by atoms with E-state index < -0.39 is 33.8 Å². The highest BCUT2D eigenvalue weighted by Crippen LogP contribution is 2.45. The van der Waals surface area contributed by atoms with Gasteiger partial charge < -0.3 is 65.6 Å². The first kappa shape index (κ1) is 102. The minimum Gasteiger partial charge on any atom is -0.495 e. The summed E-state index contributed by atoms with van der Waals surface area (Å²) >= 11 is 24.5. The topological polar surface area (TPSA) is 416 Å². The van der Waals surface area contributed by atoms with Gasteiger partial charge in [0, 0.05) is 156 Å². The predicted octanol–water partition coefficient (Wildman–Crippen LogP) is 17.3. The number of hydrogen-bond acceptors (Lipinski definition) is 24. The number of aliphatic hydroxyl groups excluding tert-OH is 1. The smallest absolute Gasteiger partial charge is 0.327 e. The molecule has 133 heavy (non-hydrogen) atoms. The minimum atomic E-state index is -3.71. The molecule has 0 saturated carbocycles. The Morgan fingerprint density at radius 3 is 1.92 bits per heavy atom. The molecule has 2 aliphatic heterocycles. The lowest BCUT2D eigenvalue weighted by Crippen LogP contribution is -2.46. The van der Waals surface area contributed by atoms with Crippen LogP contribution in [0.2, 0.25) is 10.0 Å². The number of methoxy groups -OCH3 is 2. The van der Waals surface area contributed by atoms with Gasteiger partial charge in [0.05, 0.1) is 58.0 Å². The molecule has 2 fully saturated rings. The number of anilines is 10. The highest BCUT2D eigenvalue weighted by molar-refractivity contribution is 7.92. The molecule has 0 unspecified atom stereocenters. The molecule has 12 aromatic rings. The number of H-pyrrole nitrogens is 1. The van der Waals surface area contributed by atoms with Crippen LogP contribution in [0.5, 0.6) is 11.5 Å². The number of alkyl halides is 2. The van der Waals surface area contributed by atoms with Gasteiger partial charge in [-0.3, -0.25) is 43.7 Å². The zero-order valence-electron chi connectivity index (χ0n) is 74.8. The number of fused-ring (bicyclic) bond motifs is 2. The van der Waals surface area contributed by atoms with Gasteiger partial charge in [0.1, 0.15) is 63.3 Å². The second-order valence-electron chi connectivity index (χ2n) is 31.0. The monoisotopic (exact) mass is 1910 g/mol. The number of Topliss-reactive ketones (excluding diaryl/α,β-unsaturated/α-hetero) is 2. The number of ether oxygens (including phenoxy) is 2. The Bertz CT molecular complexity index is 5910. The maximum Gasteiger partial charge on any atom is 0.327 e. The predicted molar refractivity (Wildman–Crippen MR) is 525 cm³/mol. The summed E-state index contributed by atoms with van der Waals surface area (Å²) in [6, 6.07) is 56.9. The number of nitrogens with zero attached hydrogens (tertiary/aromatic N) is 12. The summed E-state index contributed by atoms with van der Waals surface area (Å²) in [6.07, 6.45) is 16.0. The first-order valence-corrected chi connectivity index (χ1v) is 46.6. The first-order valence-electron chi connectivity index (χ1n) is 43.3. The van der Waals surface area contributed by atoms with Gasteiger partial charge in [-0.2, -0.15) is 0 Å². The molecular weight excluding hydrogens is 1800 g/mol. The average Bonchev–Trinajstić information content (AvgIpc) is 1.63. The number of carboxylic acids is 1. The van der Waals surface area contributed by atoms with E-state index in [-0.39, 0.29) is 50.8 Å². The number of imidazole rings is 2. The quantitative estimate of drug-likeness (QED) is 0.00432. The van der Waals surface area contributed by atoms with E-state index in [0.717, 1.165) is 154 Å². The Balaban J connectivity index is 0.000000177.